The van der Waals surface area contributed by atoms with E-state index >= 15 is 0 Å². The monoisotopic (exact) mass is 331 g/mol. The van der Waals surface area contributed by atoms with Gasteiger partial charge < -0.3 is 24.6 Å². The number of hydrogen-bond acceptors (Lipinski definition) is 6. The van der Waals surface area contributed by atoms with Crippen LogP contribution in [-0.4, -0.2) is 37.3 Å². The van der Waals surface area contributed by atoms with Gasteiger partial charge in [0.2, 0.25) is 0 Å². The molecule has 2 rings (SSSR count). The van der Waals surface area contributed by atoms with Gasteiger partial charge in [-0.3, -0.25) is 4.79 Å². The van der Waals surface area contributed by atoms with Crippen molar-refractivity contribution in [1.29, 1.82) is 0 Å². The first-order chi connectivity index (χ1) is 11.6. The third kappa shape index (κ3) is 4.91. The number of methoxy groups -OCH3 is 1. The van der Waals surface area contributed by atoms with Crippen molar-refractivity contribution in [2.45, 2.75) is 0 Å². The Bertz CT molecular complexity index is 716. The molecular weight excluding hydrogens is 314 g/mol. The highest BCUT2D eigenvalue weighted by atomic mass is 16.6. The molecule has 0 aliphatic carbocycles. The molecule has 0 aliphatic heterocycles. The molecule has 0 aromatic heterocycles. The van der Waals surface area contributed by atoms with E-state index in [2.05, 4.69) is 5.32 Å². The number of para-hydroxylation sites is 4. The molecule has 7 heteroatoms. The van der Waals surface area contributed by atoms with Crippen molar-refractivity contribution < 1.29 is 28.9 Å². The number of aromatic hydroxyl groups is 1. The first-order valence-corrected chi connectivity index (χ1v) is 7.09. The van der Waals surface area contributed by atoms with Crippen LogP contribution in [0.1, 0.15) is 0 Å². The summed E-state index contributed by atoms with van der Waals surface area (Å²) in [5, 5.41) is 12.1. The lowest BCUT2D eigenvalue weighted by atomic mass is 10.3. The van der Waals surface area contributed by atoms with E-state index in [1.165, 1.54) is 19.2 Å². The van der Waals surface area contributed by atoms with Crippen molar-refractivity contribution >= 4 is 17.6 Å². The Morgan fingerprint density at radius 2 is 1.67 bits per heavy atom. The number of hydrogen-bond donors (Lipinski definition) is 2. The minimum atomic E-state index is -0.728. The molecule has 2 N–H and O–H groups in total. The van der Waals surface area contributed by atoms with Gasteiger partial charge >= 0.3 is 5.97 Å². The topological polar surface area (TPSA) is 94.1 Å². The molecular formula is C17H17NO6. The SMILES string of the molecule is COc1ccccc1NC(=O)COC(=O)COc1ccccc1O. The van der Waals surface area contributed by atoms with Crippen LogP contribution < -0.4 is 14.8 Å². The second kappa shape index (κ2) is 8.42. The van der Waals surface area contributed by atoms with Crippen LogP contribution >= 0.6 is 0 Å². The first-order valence-electron chi connectivity index (χ1n) is 7.09. The minimum Gasteiger partial charge on any atom is -0.504 e. The average molecular weight is 331 g/mol. The van der Waals surface area contributed by atoms with Crippen molar-refractivity contribution in [3.63, 3.8) is 0 Å². The first kappa shape index (κ1) is 17.1. The molecule has 2 aromatic carbocycles. The number of phenolic OH excluding ortho intramolecular Hbond substituents is 1. The van der Waals surface area contributed by atoms with Crippen molar-refractivity contribution in [2.75, 3.05) is 25.6 Å². The van der Waals surface area contributed by atoms with Gasteiger partial charge in [-0.1, -0.05) is 24.3 Å². The Labute approximate surface area is 138 Å². The van der Waals surface area contributed by atoms with Crippen LogP contribution in [-0.2, 0) is 14.3 Å². The molecule has 0 saturated carbocycles. The predicted octanol–water partition coefficient (Wildman–Crippen LogP) is 1.96. The maximum atomic E-state index is 11.8. The van der Waals surface area contributed by atoms with E-state index in [0.29, 0.717) is 11.4 Å². The molecule has 126 valence electrons. The van der Waals surface area contributed by atoms with Crippen LogP contribution in [0.4, 0.5) is 5.69 Å². The number of benzene rings is 2. The second-order valence-corrected chi connectivity index (χ2v) is 4.67. The van der Waals surface area contributed by atoms with Crippen LogP contribution in [0, 0.1) is 0 Å². The Kier molecular flexibility index (Phi) is 6.01. The van der Waals surface area contributed by atoms with Crippen LogP contribution in [0.2, 0.25) is 0 Å². The molecule has 1 amide bonds. The number of nitrogens with one attached hydrogen (secondary N) is 1. The Hall–Kier alpha value is -3.22. The van der Waals surface area contributed by atoms with Gasteiger partial charge in [0, 0.05) is 0 Å². The summed E-state index contributed by atoms with van der Waals surface area (Å²) in [6.07, 6.45) is 0. The van der Waals surface area contributed by atoms with Gasteiger partial charge in [0.05, 0.1) is 12.8 Å². The number of rotatable bonds is 7. The van der Waals surface area contributed by atoms with Gasteiger partial charge in [0.15, 0.2) is 24.7 Å². The molecule has 0 fully saturated rings. The third-order valence-corrected chi connectivity index (χ3v) is 2.96. The molecule has 0 unspecified atom stereocenters. The fraction of sp³-hybridized carbons (Fsp3) is 0.176. The molecule has 7 nitrogen and oxygen atoms in total. The standard InChI is InChI=1S/C17H17NO6/c1-22-14-8-4-2-6-12(14)18-16(20)10-24-17(21)11-23-15-9-5-3-7-13(15)19/h2-9,19H,10-11H2,1H3,(H,18,20). The normalized spacial score (nSPS) is 9.88. The van der Waals surface area contributed by atoms with Gasteiger partial charge in [0.1, 0.15) is 5.75 Å². The lowest BCUT2D eigenvalue weighted by Crippen LogP contribution is -2.23. The number of amides is 1. The number of phenols is 1. The zero-order chi connectivity index (χ0) is 17.4. The second-order valence-electron chi connectivity index (χ2n) is 4.67. The predicted molar refractivity (Wildman–Crippen MR) is 86.2 cm³/mol. The van der Waals surface area contributed by atoms with Crippen LogP contribution in [0.25, 0.3) is 0 Å². The van der Waals surface area contributed by atoms with E-state index < -0.39 is 25.1 Å². The van der Waals surface area contributed by atoms with Crippen LogP contribution in [0.15, 0.2) is 48.5 Å². The van der Waals surface area contributed by atoms with E-state index in [1.807, 2.05) is 0 Å². The van der Waals surface area contributed by atoms with E-state index in [0.717, 1.165) is 0 Å². The molecule has 24 heavy (non-hydrogen) atoms. The van der Waals surface area contributed by atoms with E-state index in [-0.39, 0.29) is 11.5 Å². The zero-order valence-electron chi connectivity index (χ0n) is 13.0. The van der Waals surface area contributed by atoms with E-state index in [9.17, 15) is 14.7 Å². The number of anilines is 1. The lowest BCUT2D eigenvalue weighted by Gasteiger charge is -2.10. The summed E-state index contributed by atoms with van der Waals surface area (Å²) in [5.74, 6) is -0.656. The van der Waals surface area contributed by atoms with Crippen molar-refractivity contribution in [3.05, 3.63) is 48.5 Å². The quantitative estimate of drug-likeness (QED) is 0.753. The molecule has 0 aliphatic rings. The van der Waals surface area contributed by atoms with E-state index in [1.54, 1.807) is 36.4 Å². The van der Waals surface area contributed by atoms with Crippen molar-refractivity contribution in [2.24, 2.45) is 0 Å². The number of carbonyl (C=O) groups is 2. The maximum absolute atomic E-state index is 11.8. The highest BCUT2D eigenvalue weighted by Gasteiger charge is 2.11. The van der Waals surface area contributed by atoms with Gasteiger partial charge in [-0.05, 0) is 24.3 Å². The lowest BCUT2D eigenvalue weighted by molar-refractivity contribution is -0.149. The van der Waals surface area contributed by atoms with Crippen molar-refractivity contribution in [3.8, 4) is 17.2 Å². The van der Waals surface area contributed by atoms with Crippen LogP contribution in [0.5, 0.6) is 17.2 Å². The summed E-state index contributed by atoms with van der Waals surface area (Å²) in [5.41, 5.74) is 0.478. The molecule has 0 saturated heterocycles. The highest BCUT2D eigenvalue weighted by molar-refractivity contribution is 5.94. The fourth-order valence-corrected chi connectivity index (χ4v) is 1.84. The summed E-state index contributed by atoms with van der Waals surface area (Å²) >= 11 is 0. The molecule has 0 radical (unpaired) electrons. The minimum absolute atomic E-state index is 0.0841. The highest BCUT2D eigenvalue weighted by Crippen LogP contribution is 2.24. The molecule has 0 atom stereocenters. The molecule has 0 heterocycles. The number of ether oxygens (including phenoxy) is 3. The smallest absolute Gasteiger partial charge is 0.344 e. The molecule has 0 bridgehead atoms. The molecule has 2 aromatic rings. The summed E-state index contributed by atoms with van der Waals surface area (Å²) in [7, 11) is 1.49. The largest absolute Gasteiger partial charge is 0.504 e. The van der Waals surface area contributed by atoms with Gasteiger partial charge in [-0.25, -0.2) is 4.79 Å². The van der Waals surface area contributed by atoms with E-state index in [4.69, 9.17) is 14.2 Å². The number of esters is 1. The Balaban J connectivity index is 1.77. The van der Waals surface area contributed by atoms with Gasteiger partial charge in [0.25, 0.3) is 5.91 Å². The summed E-state index contributed by atoms with van der Waals surface area (Å²) in [4.78, 5) is 23.4. The van der Waals surface area contributed by atoms with Gasteiger partial charge in [-0.15, -0.1) is 0 Å². The summed E-state index contributed by atoms with van der Waals surface area (Å²) in [6.45, 7) is -0.874. The zero-order valence-corrected chi connectivity index (χ0v) is 13.0. The van der Waals surface area contributed by atoms with Crippen molar-refractivity contribution in [1.82, 2.24) is 0 Å². The Morgan fingerprint density at radius 1 is 1.00 bits per heavy atom. The fourth-order valence-electron chi connectivity index (χ4n) is 1.84. The number of carbonyl (C=O) groups excluding carboxylic acids is 2. The molecule has 0 spiro atoms. The average Bonchev–Trinajstić information content (AvgIpc) is 2.59. The third-order valence-electron chi connectivity index (χ3n) is 2.96. The maximum Gasteiger partial charge on any atom is 0.344 e. The van der Waals surface area contributed by atoms with Gasteiger partial charge in [-0.2, -0.15) is 0 Å². The van der Waals surface area contributed by atoms with Crippen LogP contribution in [0.3, 0.4) is 0 Å². The Morgan fingerprint density at radius 3 is 2.38 bits per heavy atom. The summed E-state index contributed by atoms with van der Waals surface area (Å²) in [6, 6.07) is 13.1. The summed E-state index contributed by atoms with van der Waals surface area (Å²) < 4.78 is 15.0.